The normalized spacial score (nSPS) is 19.0. The highest BCUT2D eigenvalue weighted by molar-refractivity contribution is 5.84. The van der Waals surface area contributed by atoms with E-state index in [4.69, 9.17) is 4.42 Å². The molecule has 0 atom stereocenters. The third-order valence-corrected chi connectivity index (χ3v) is 4.97. The summed E-state index contributed by atoms with van der Waals surface area (Å²) >= 11 is 0. The van der Waals surface area contributed by atoms with Crippen LogP contribution >= 0.6 is 0 Å². The van der Waals surface area contributed by atoms with Crippen molar-refractivity contribution < 1.29 is 9.21 Å². The molecule has 2 aromatic rings. The van der Waals surface area contributed by atoms with Gasteiger partial charge in [-0.1, -0.05) is 45.9 Å². The second-order valence-electron chi connectivity index (χ2n) is 7.34. The standard InChI is InChI=1S/C19H22O2/c1-18(2)8-9-19(3,4)16-11-13(5-6-15(16)18)14-7-10-21-17(14)12-20/h5-7,10-12H,8-9H2,1-4H3. The Morgan fingerprint density at radius 3 is 2.33 bits per heavy atom. The molecule has 1 aromatic carbocycles. The number of fused-ring (bicyclic) bond motifs is 1. The van der Waals surface area contributed by atoms with Crippen LogP contribution < -0.4 is 0 Å². The Labute approximate surface area is 126 Å². The number of rotatable bonds is 2. The van der Waals surface area contributed by atoms with Crippen molar-refractivity contribution >= 4 is 6.29 Å². The summed E-state index contributed by atoms with van der Waals surface area (Å²) in [5.74, 6) is 0.405. The molecule has 3 rings (SSSR count). The van der Waals surface area contributed by atoms with Crippen molar-refractivity contribution in [1.29, 1.82) is 0 Å². The lowest BCUT2D eigenvalue weighted by atomic mass is 9.63. The molecule has 2 nitrogen and oxygen atoms in total. The smallest absolute Gasteiger partial charge is 0.185 e. The first-order valence-corrected chi connectivity index (χ1v) is 7.53. The zero-order valence-corrected chi connectivity index (χ0v) is 13.2. The van der Waals surface area contributed by atoms with Crippen molar-refractivity contribution in [2.75, 3.05) is 0 Å². The van der Waals surface area contributed by atoms with Gasteiger partial charge in [0.15, 0.2) is 12.0 Å². The Morgan fingerprint density at radius 1 is 1.00 bits per heavy atom. The zero-order chi connectivity index (χ0) is 15.3. The number of carbonyl (C=O) groups is 1. The van der Waals surface area contributed by atoms with Gasteiger partial charge >= 0.3 is 0 Å². The van der Waals surface area contributed by atoms with Gasteiger partial charge in [0.25, 0.3) is 0 Å². The number of carbonyl (C=O) groups excluding carboxylic acids is 1. The first kappa shape index (κ1) is 14.1. The number of hydrogen-bond acceptors (Lipinski definition) is 2. The predicted octanol–water partition coefficient (Wildman–Crippen LogP) is 5.11. The highest BCUT2D eigenvalue weighted by Crippen LogP contribution is 2.46. The molecule has 0 fully saturated rings. The minimum atomic E-state index is 0.173. The summed E-state index contributed by atoms with van der Waals surface area (Å²) in [6.45, 7) is 9.24. The third kappa shape index (κ3) is 2.23. The molecule has 0 amide bonds. The fraction of sp³-hybridized carbons (Fsp3) is 0.421. The first-order valence-electron chi connectivity index (χ1n) is 7.53. The van der Waals surface area contributed by atoms with Gasteiger partial charge in [0.1, 0.15) is 0 Å². The van der Waals surface area contributed by atoms with Gasteiger partial charge in [-0.3, -0.25) is 4.79 Å². The summed E-state index contributed by atoms with van der Waals surface area (Å²) in [6, 6.07) is 8.45. The molecule has 0 radical (unpaired) electrons. The fourth-order valence-corrected chi connectivity index (χ4v) is 3.41. The summed E-state index contributed by atoms with van der Waals surface area (Å²) < 4.78 is 5.24. The van der Waals surface area contributed by atoms with Crippen molar-refractivity contribution in [2.24, 2.45) is 0 Å². The first-order chi connectivity index (χ1) is 9.85. The van der Waals surface area contributed by atoms with E-state index >= 15 is 0 Å². The van der Waals surface area contributed by atoms with E-state index in [0.717, 1.165) is 17.4 Å². The molecule has 21 heavy (non-hydrogen) atoms. The Kier molecular flexibility index (Phi) is 3.09. The average Bonchev–Trinajstić information content (AvgIpc) is 2.92. The van der Waals surface area contributed by atoms with E-state index in [1.54, 1.807) is 6.26 Å². The van der Waals surface area contributed by atoms with Crippen LogP contribution in [0.25, 0.3) is 11.1 Å². The van der Waals surface area contributed by atoms with Gasteiger partial charge < -0.3 is 4.42 Å². The van der Waals surface area contributed by atoms with E-state index in [1.165, 1.54) is 24.0 Å². The maximum absolute atomic E-state index is 11.1. The molecule has 0 bridgehead atoms. The van der Waals surface area contributed by atoms with Crippen LogP contribution in [0.4, 0.5) is 0 Å². The molecule has 1 aromatic heterocycles. The maximum Gasteiger partial charge on any atom is 0.185 e. The highest BCUT2D eigenvalue weighted by atomic mass is 16.3. The number of benzene rings is 1. The molecule has 110 valence electrons. The molecule has 0 unspecified atom stereocenters. The van der Waals surface area contributed by atoms with Gasteiger partial charge in [-0.15, -0.1) is 0 Å². The highest BCUT2D eigenvalue weighted by Gasteiger charge is 2.37. The van der Waals surface area contributed by atoms with E-state index in [-0.39, 0.29) is 10.8 Å². The maximum atomic E-state index is 11.1. The minimum Gasteiger partial charge on any atom is -0.461 e. The zero-order valence-electron chi connectivity index (χ0n) is 13.2. The van der Waals surface area contributed by atoms with Gasteiger partial charge in [-0.25, -0.2) is 0 Å². The molecule has 1 aliphatic carbocycles. The number of hydrogen-bond donors (Lipinski definition) is 0. The summed E-state index contributed by atoms with van der Waals surface area (Å²) in [7, 11) is 0. The van der Waals surface area contributed by atoms with Crippen LogP contribution in [0.2, 0.25) is 0 Å². The van der Waals surface area contributed by atoms with Crippen LogP contribution in [-0.4, -0.2) is 6.29 Å². The molecule has 2 heteroatoms. The average molecular weight is 282 g/mol. The molecule has 0 saturated carbocycles. The summed E-state index contributed by atoms with van der Waals surface area (Å²) in [5, 5.41) is 0. The predicted molar refractivity (Wildman–Crippen MR) is 84.8 cm³/mol. The van der Waals surface area contributed by atoms with Crippen LogP contribution in [0.1, 0.15) is 62.2 Å². The summed E-state index contributed by atoms with van der Waals surface area (Å²) in [4.78, 5) is 11.1. The van der Waals surface area contributed by atoms with Crippen molar-refractivity contribution in [1.82, 2.24) is 0 Å². The topological polar surface area (TPSA) is 30.2 Å². The summed E-state index contributed by atoms with van der Waals surface area (Å²) in [5.41, 5.74) is 5.16. The molecular formula is C19H22O2. The Morgan fingerprint density at radius 2 is 1.67 bits per heavy atom. The number of furan rings is 1. The van der Waals surface area contributed by atoms with Crippen molar-refractivity contribution in [3.8, 4) is 11.1 Å². The lowest BCUT2D eigenvalue weighted by molar-refractivity contribution is 0.110. The molecular weight excluding hydrogens is 260 g/mol. The molecule has 0 N–H and O–H groups in total. The quantitative estimate of drug-likeness (QED) is 0.717. The third-order valence-electron chi connectivity index (χ3n) is 4.97. The van der Waals surface area contributed by atoms with Crippen molar-refractivity contribution in [2.45, 2.75) is 51.4 Å². The van der Waals surface area contributed by atoms with Crippen LogP contribution in [-0.2, 0) is 10.8 Å². The molecule has 1 heterocycles. The van der Waals surface area contributed by atoms with E-state index in [2.05, 4.69) is 45.9 Å². The van der Waals surface area contributed by atoms with Gasteiger partial charge in [-0.05, 0) is 46.4 Å². The molecule has 1 aliphatic rings. The van der Waals surface area contributed by atoms with Gasteiger partial charge in [0.05, 0.1) is 6.26 Å². The van der Waals surface area contributed by atoms with Crippen LogP contribution in [0.5, 0.6) is 0 Å². The lowest BCUT2D eigenvalue weighted by Gasteiger charge is -2.42. The van der Waals surface area contributed by atoms with Crippen LogP contribution in [0.15, 0.2) is 34.9 Å². The van der Waals surface area contributed by atoms with E-state index < -0.39 is 0 Å². The van der Waals surface area contributed by atoms with E-state index in [9.17, 15) is 4.79 Å². The van der Waals surface area contributed by atoms with Crippen molar-refractivity contribution in [3.05, 3.63) is 47.4 Å². The molecule has 0 aliphatic heterocycles. The van der Waals surface area contributed by atoms with Crippen LogP contribution in [0.3, 0.4) is 0 Å². The minimum absolute atomic E-state index is 0.173. The van der Waals surface area contributed by atoms with E-state index in [1.807, 2.05) is 6.07 Å². The summed E-state index contributed by atoms with van der Waals surface area (Å²) in [6.07, 6.45) is 4.75. The lowest BCUT2D eigenvalue weighted by Crippen LogP contribution is -2.33. The largest absolute Gasteiger partial charge is 0.461 e. The van der Waals surface area contributed by atoms with Gasteiger partial charge in [0, 0.05) is 5.56 Å². The second-order valence-corrected chi connectivity index (χ2v) is 7.34. The van der Waals surface area contributed by atoms with E-state index in [0.29, 0.717) is 5.76 Å². The SMILES string of the molecule is CC1(C)CCC(C)(C)c2cc(-c3ccoc3C=O)ccc21. The Hall–Kier alpha value is -1.83. The van der Waals surface area contributed by atoms with Gasteiger partial charge in [0.2, 0.25) is 0 Å². The Balaban J connectivity index is 2.19. The van der Waals surface area contributed by atoms with Crippen LogP contribution in [0, 0.1) is 0 Å². The number of aldehydes is 1. The monoisotopic (exact) mass is 282 g/mol. The van der Waals surface area contributed by atoms with Gasteiger partial charge in [-0.2, -0.15) is 0 Å². The fourth-order valence-electron chi connectivity index (χ4n) is 3.41. The molecule has 0 saturated heterocycles. The second kappa shape index (κ2) is 4.59. The molecule has 0 spiro atoms. The Bertz CT molecular complexity index is 689. The van der Waals surface area contributed by atoms with Crippen molar-refractivity contribution in [3.63, 3.8) is 0 Å².